The van der Waals surface area contributed by atoms with Crippen LogP contribution in [0.2, 0.25) is 0 Å². The van der Waals surface area contributed by atoms with E-state index in [9.17, 15) is 4.21 Å². The first-order valence-electron chi connectivity index (χ1n) is 9.82. The minimum atomic E-state index is -0.853. The second-order valence-electron chi connectivity index (χ2n) is 8.09. The highest BCUT2D eigenvalue weighted by Crippen LogP contribution is 2.32. The van der Waals surface area contributed by atoms with Crippen LogP contribution in [0.3, 0.4) is 0 Å². The van der Waals surface area contributed by atoms with Crippen molar-refractivity contribution in [2.75, 3.05) is 52.3 Å². The van der Waals surface area contributed by atoms with Crippen molar-refractivity contribution in [1.29, 1.82) is 0 Å². The Kier molecular flexibility index (Phi) is 6.82. The van der Waals surface area contributed by atoms with Gasteiger partial charge in [0.05, 0.1) is 0 Å². The number of benzene rings is 1. The summed E-state index contributed by atoms with van der Waals surface area (Å²) < 4.78 is 22.9. The van der Waals surface area contributed by atoms with Crippen LogP contribution in [-0.2, 0) is 17.3 Å². The van der Waals surface area contributed by atoms with Crippen LogP contribution in [0.1, 0.15) is 26.3 Å². The van der Waals surface area contributed by atoms with Crippen molar-refractivity contribution in [2.45, 2.75) is 32.1 Å². The number of hydrogen-bond acceptors (Lipinski definition) is 5. The van der Waals surface area contributed by atoms with Crippen LogP contribution in [0, 0.1) is 0 Å². The fourth-order valence-electron chi connectivity index (χ4n) is 3.31. The molecule has 2 heterocycles. The zero-order valence-corrected chi connectivity index (χ0v) is 18.2. The van der Waals surface area contributed by atoms with Crippen LogP contribution in [0.25, 0.3) is 0 Å². The highest BCUT2D eigenvalue weighted by atomic mass is 32.2. The molecule has 8 heteroatoms. The van der Waals surface area contributed by atoms with Gasteiger partial charge < -0.3 is 19.7 Å². The minimum Gasteiger partial charge on any atom is -0.454 e. The minimum absolute atomic E-state index is 0.175. The van der Waals surface area contributed by atoms with Gasteiger partial charge in [-0.2, -0.15) is 0 Å². The molecule has 1 aromatic rings. The Hall–Kier alpha value is -1.80. The van der Waals surface area contributed by atoms with Crippen molar-refractivity contribution in [3.05, 3.63) is 23.8 Å². The number of ether oxygens (including phenoxy) is 2. The molecule has 0 radical (unpaired) electrons. The van der Waals surface area contributed by atoms with E-state index in [2.05, 4.69) is 32.2 Å². The number of nitrogens with one attached hydrogen (secondary N) is 1. The largest absolute Gasteiger partial charge is 0.454 e. The number of fused-ring (bicyclic) bond motifs is 1. The van der Waals surface area contributed by atoms with E-state index in [0.717, 1.165) is 50.2 Å². The third-order valence-electron chi connectivity index (χ3n) is 4.98. The van der Waals surface area contributed by atoms with E-state index in [-0.39, 0.29) is 4.75 Å². The van der Waals surface area contributed by atoms with Crippen molar-refractivity contribution < 1.29 is 13.7 Å². The molecule has 0 aliphatic carbocycles. The van der Waals surface area contributed by atoms with Crippen molar-refractivity contribution in [1.82, 2.24) is 15.1 Å². The monoisotopic (exact) mass is 408 g/mol. The predicted molar refractivity (Wildman–Crippen MR) is 114 cm³/mol. The van der Waals surface area contributed by atoms with Gasteiger partial charge in [0, 0.05) is 67.6 Å². The van der Waals surface area contributed by atoms with E-state index in [0.29, 0.717) is 19.1 Å². The number of aliphatic imine (C=N–C) groups is 1. The summed E-state index contributed by atoms with van der Waals surface area (Å²) in [6.45, 7) is 11.7. The van der Waals surface area contributed by atoms with Gasteiger partial charge in [-0.25, -0.2) is 0 Å². The molecule has 1 fully saturated rings. The van der Waals surface area contributed by atoms with Crippen molar-refractivity contribution in [2.24, 2.45) is 4.99 Å². The van der Waals surface area contributed by atoms with Crippen LogP contribution in [0.15, 0.2) is 23.2 Å². The molecule has 0 amide bonds. The molecule has 156 valence electrons. The molecule has 1 atom stereocenters. The molecule has 0 saturated carbocycles. The second-order valence-corrected chi connectivity index (χ2v) is 10.4. The van der Waals surface area contributed by atoms with E-state index >= 15 is 0 Å². The third-order valence-corrected chi connectivity index (χ3v) is 6.92. The van der Waals surface area contributed by atoms with Gasteiger partial charge in [-0.1, -0.05) is 6.07 Å². The van der Waals surface area contributed by atoms with Gasteiger partial charge in [0.15, 0.2) is 17.5 Å². The molecule has 28 heavy (non-hydrogen) atoms. The molecular formula is C20H32N4O3S. The molecule has 1 unspecified atom stereocenters. The van der Waals surface area contributed by atoms with Gasteiger partial charge in [0.2, 0.25) is 6.79 Å². The Morgan fingerprint density at radius 3 is 2.57 bits per heavy atom. The maximum absolute atomic E-state index is 12.2. The lowest BCUT2D eigenvalue weighted by Gasteiger charge is -2.36. The summed E-state index contributed by atoms with van der Waals surface area (Å²) in [5.74, 6) is 3.20. The summed E-state index contributed by atoms with van der Waals surface area (Å²) >= 11 is 0. The van der Waals surface area contributed by atoms with Gasteiger partial charge in [-0.15, -0.1) is 0 Å². The first-order valence-corrected chi connectivity index (χ1v) is 11.1. The average molecular weight is 409 g/mol. The number of hydrogen-bond donors (Lipinski definition) is 1. The third kappa shape index (κ3) is 5.38. The normalized spacial score (nSPS) is 19.0. The van der Waals surface area contributed by atoms with Gasteiger partial charge in [0.1, 0.15) is 0 Å². The van der Waals surface area contributed by atoms with Crippen molar-refractivity contribution >= 4 is 16.8 Å². The molecule has 2 aliphatic heterocycles. The molecule has 0 aromatic heterocycles. The smallest absolute Gasteiger partial charge is 0.231 e. The van der Waals surface area contributed by atoms with E-state index in [1.165, 1.54) is 5.56 Å². The SMILES string of the molecule is CN=C(NCCS(=O)C(C)(C)C)N1CCN(Cc2ccc3c(c2)OCO3)CC1. The first-order chi connectivity index (χ1) is 13.4. The summed E-state index contributed by atoms with van der Waals surface area (Å²) in [4.78, 5) is 9.12. The molecular weight excluding hydrogens is 376 g/mol. The fourth-order valence-corrected chi connectivity index (χ4v) is 4.21. The molecule has 2 aliphatic rings. The zero-order valence-electron chi connectivity index (χ0n) is 17.4. The van der Waals surface area contributed by atoms with Crippen LogP contribution in [0.4, 0.5) is 0 Å². The molecule has 1 aromatic carbocycles. The lowest BCUT2D eigenvalue weighted by molar-refractivity contribution is 0.171. The van der Waals surface area contributed by atoms with Gasteiger partial charge in [-0.05, 0) is 38.5 Å². The number of guanidine groups is 1. The predicted octanol–water partition coefficient (Wildman–Crippen LogP) is 1.66. The lowest BCUT2D eigenvalue weighted by Crippen LogP contribution is -2.52. The van der Waals surface area contributed by atoms with Crippen LogP contribution in [-0.4, -0.2) is 77.0 Å². The molecule has 3 rings (SSSR count). The highest BCUT2D eigenvalue weighted by molar-refractivity contribution is 7.86. The molecule has 7 nitrogen and oxygen atoms in total. The fraction of sp³-hybridized carbons (Fsp3) is 0.650. The highest BCUT2D eigenvalue weighted by Gasteiger charge is 2.22. The van der Waals surface area contributed by atoms with E-state index in [1.807, 2.05) is 33.9 Å². The maximum Gasteiger partial charge on any atom is 0.231 e. The maximum atomic E-state index is 12.2. The summed E-state index contributed by atoms with van der Waals surface area (Å²) in [6, 6.07) is 6.17. The van der Waals surface area contributed by atoms with Crippen LogP contribution < -0.4 is 14.8 Å². The van der Waals surface area contributed by atoms with Gasteiger partial charge in [0.25, 0.3) is 0 Å². The topological polar surface area (TPSA) is 66.4 Å². The van der Waals surface area contributed by atoms with Gasteiger partial charge >= 0.3 is 0 Å². The van der Waals surface area contributed by atoms with Crippen molar-refractivity contribution in [3.63, 3.8) is 0 Å². The summed E-state index contributed by atoms with van der Waals surface area (Å²) in [5, 5.41) is 3.37. The Morgan fingerprint density at radius 1 is 1.18 bits per heavy atom. The number of nitrogens with zero attached hydrogens (tertiary/aromatic N) is 3. The second kappa shape index (κ2) is 9.13. The summed E-state index contributed by atoms with van der Waals surface area (Å²) in [5.41, 5.74) is 1.24. The Bertz CT molecular complexity index is 725. The van der Waals surface area contributed by atoms with Gasteiger partial charge in [-0.3, -0.25) is 14.1 Å². The number of piperazine rings is 1. The molecule has 0 bridgehead atoms. The molecule has 1 saturated heterocycles. The number of rotatable bonds is 5. The van der Waals surface area contributed by atoms with E-state index < -0.39 is 10.8 Å². The van der Waals surface area contributed by atoms with E-state index in [4.69, 9.17) is 9.47 Å². The Morgan fingerprint density at radius 2 is 1.89 bits per heavy atom. The van der Waals surface area contributed by atoms with Crippen LogP contribution >= 0.6 is 0 Å². The summed E-state index contributed by atoms with van der Waals surface area (Å²) in [7, 11) is 0.955. The first kappa shape index (κ1) is 20.9. The molecule has 0 spiro atoms. The standard InChI is InChI=1S/C20H32N4O3S/c1-20(2,3)28(25)12-7-22-19(21-4)24-10-8-23(9-11-24)14-16-5-6-17-18(13-16)27-15-26-17/h5-6,13H,7-12,14-15H2,1-4H3,(H,21,22). The van der Waals surface area contributed by atoms with Crippen molar-refractivity contribution in [3.8, 4) is 11.5 Å². The molecule has 1 N–H and O–H groups in total. The lowest BCUT2D eigenvalue weighted by atomic mass is 10.1. The summed E-state index contributed by atoms with van der Waals surface area (Å²) in [6.07, 6.45) is 0. The zero-order chi connectivity index (χ0) is 20.1. The average Bonchev–Trinajstić information content (AvgIpc) is 3.13. The van der Waals surface area contributed by atoms with Crippen LogP contribution in [0.5, 0.6) is 11.5 Å². The quantitative estimate of drug-likeness (QED) is 0.590. The Balaban J connectivity index is 1.44. The Labute approximate surface area is 170 Å². The van der Waals surface area contributed by atoms with E-state index in [1.54, 1.807) is 0 Å².